The van der Waals surface area contributed by atoms with Crippen LogP contribution < -0.4 is 10.9 Å². The summed E-state index contributed by atoms with van der Waals surface area (Å²) in [5.41, 5.74) is 0.312. The van der Waals surface area contributed by atoms with Crippen LogP contribution in [0.25, 0.3) is 0 Å². The lowest BCUT2D eigenvalue weighted by Crippen LogP contribution is -2.29. The van der Waals surface area contributed by atoms with Crippen LogP contribution in [0.3, 0.4) is 0 Å². The molecule has 1 unspecified atom stereocenters. The highest BCUT2D eigenvalue weighted by atomic mass is 35.5. The second-order valence-electron chi connectivity index (χ2n) is 4.87. The van der Waals surface area contributed by atoms with E-state index in [0.29, 0.717) is 23.2 Å². The Hall–Kier alpha value is -1.29. The largest absolute Gasteiger partial charge is 0.377 e. The van der Waals surface area contributed by atoms with E-state index in [0.717, 1.165) is 6.42 Å². The first kappa shape index (κ1) is 13.1. The van der Waals surface area contributed by atoms with Gasteiger partial charge in [-0.2, -0.15) is 5.10 Å². The molecule has 2 rings (SSSR count). The van der Waals surface area contributed by atoms with Gasteiger partial charge in [-0.1, -0.05) is 17.7 Å². The molecule has 1 heterocycles. The third kappa shape index (κ3) is 3.13. The summed E-state index contributed by atoms with van der Waals surface area (Å²) in [6.45, 7) is 6.37. The zero-order chi connectivity index (χ0) is 13.1. The van der Waals surface area contributed by atoms with Crippen molar-refractivity contribution in [3.63, 3.8) is 0 Å². The highest BCUT2D eigenvalue weighted by Crippen LogP contribution is 2.30. The van der Waals surface area contributed by atoms with Crippen molar-refractivity contribution in [2.75, 3.05) is 5.32 Å². The maximum Gasteiger partial charge on any atom is 0.291 e. The number of hydrogen-bond donors (Lipinski definition) is 1. The molecule has 1 atom stereocenters. The first-order valence-corrected chi connectivity index (χ1v) is 6.62. The standard InChI is InChI=1S/C13H18ClN3O/c1-3-4-9(2)16-12-11(14)7-15-17(13(12)18)8-10-5-6-10/h3,7,9-10,16H,1,4-6,8H2,2H3. The van der Waals surface area contributed by atoms with Crippen molar-refractivity contribution in [3.05, 3.63) is 34.2 Å². The summed E-state index contributed by atoms with van der Waals surface area (Å²) in [6.07, 6.45) is 6.50. The van der Waals surface area contributed by atoms with E-state index < -0.39 is 0 Å². The first-order chi connectivity index (χ1) is 8.61. The molecule has 0 aromatic carbocycles. The predicted molar refractivity (Wildman–Crippen MR) is 74.1 cm³/mol. The van der Waals surface area contributed by atoms with Gasteiger partial charge in [0.1, 0.15) is 5.69 Å². The Labute approximate surface area is 112 Å². The number of hydrogen-bond acceptors (Lipinski definition) is 3. The van der Waals surface area contributed by atoms with Gasteiger partial charge in [-0.25, -0.2) is 4.68 Å². The molecular formula is C13H18ClN3O. The van der Waals surface area contributed by atoms with Crippen molar-refractivity contribution in [1.82, 2.24) is 9.78 Å². The minimum absolute atomic E-state index is 0.129. The Morgan fingerprint density at radius 3 is 3.06 bits per heavy atom. The SMILES string of the molecule is C=CCC(C)Nc1c(Cl)cnn(CC2CC2)c1=O. The summed E-state index contributed by atoms with van der Waals surface area (Å²) in [7, 11) is 0. The summed E-state index contributed by atoms with van der Waals surface area (Å²) in [5.74, 6) is 0.606. The minimum atomic E-state index is -0.134. The third-order valence-corrected chi connectivity index (χ3v) is 3.32. The number of halogens is 1. The summed E-state index contributed by atoms with van der Waals surface area (Å²) >= 11 is 6.03. The fourth-order valence-corrected chi connectivity index (χ4v) is 2.01. The van der Waals surface area contributed by atoms with Crippen LogP contribution in [0.4, 0.5) is 5.69 Å². The molecule has 4 nitrogen and oxygen atoms in total. The lowest BCUT2D eigenvalue weighted by Gasteiger charge is -2.15. The quantitative estimate of drug-likeness (QED) is 0.806. The van der Waals surface area contributed by atoms with Gasteiger partial charge in [-0.15, -0.1) is 6.58 Å². The maximum absolute atomic E-state index is 12.2. The fraction of sp³-hybridized carbons (Fsp3) is 0.538. The van der Waals surface area contributed by atoms with Crippen LogP contribution in [0.2, 0.25) is 5.02 Å². The van der Waals surface area contributed by atoms with Gasteiger partial charge < -0.3 is 5.32 Å². The molecule has 0 bridgehead atoms. The van der Waals surface area contributed by atoms with Gasteiger partial charge in [-0.05, 0) is 32.1 Å². The molecule has 18 heavy (non-hydrogen) atoms. The molecule has 5 heteroatoms. The summed E-state index contributed by atoms with van der Waals surface area (Å²) < 4.78 is 1.51. The topological polar surface area (TPSA) is 46.9 Å². The molecule has 0 aliphatic heterocycles. The van der Waals surface area contributed by atoms with E-state index in [-0.39, 0.29) is 11.6 Å². The van der Waals surface area contributed by atoms with E-state index in [1.807, 2.05) is 13.0 Å². The smallest absolute Gasteiger partial charge is 0.291 e. The predicted octanol–water partition coefficient (Wildman–Crippen LogP) is 2.68. The average molecular weight is 268 g/mol. The second kappa shape index (κ2) is 5.57. The van der Waals surface area contributed by atoms with Gasteiger partial charge in [0.2, 0.25) is 0 Å². The van der Waals surface area contributed by atoms with E-state index >= 15 is 0 Å². The van der Waals surface area contributed by atoms with Gasteiger partial charge in [0.25, 0.3) is 5.56 Å². The van der Waals surface area contributed by atoms with Gasteiger partial charge in [0, 0.05) is 12.6 Å². The van der Waals surface area contributed by atoms with Crippen LogP contribution in [0.5, 0.6) is 0 Å². The monoisotopic (exact) mass is 267 g/mol. The van der Waals surface area contributed by atoms with Crippen molar-refractivity contribution < 1.29 is 0 Å². The van der Waals surface area contributed by atoms with Crippen LogP contribution in [0.1, 0.15) is 26.2 Å². The Morgan fingerprint density at radius 2 is 2.44 bits per heavy atom. The van der Waals surface area contributed by atoms with Gasteiger partial charge in [0.05, 0.1) is 11.2 Å². The van der Waals surface area contributed by atoms with Crippen LogP contribution >= 0.6 is 11.6 Å². The zero-order valence-corrected chi connectivity index (χ0v) is 11.3. The summed E-state index contributed by atoms with van der Waals surface area (Å²) in [5, 5.41) is 7.60. The number of anilines is 1. The Balaban J connectivity index is 2.21. The molecule has 0 spiro atoms. The van der Waals surface area contributed by atoms with E-state index in [4.69, 9.17) is 11.6 Å². The van der Waals surface area contributed by atoms with Crippen LogP contribution in [0.15, 0.2) is 23.6 Å². The molecule has 1 aliphatic carbocycles. The summed E-state index contributed by atoms with van der Waals surface area (Å²) in [4.78, 5) is 12.2. The fourth-order valence-electron chi connectivity index (χ4n) is 1.83. The molecule has 1 fully saturated rings. The van der Waals surface area contributed by atoms with Crippen LogP contribution in [0, 0.1) is 5.92 Å². The van der Waals surface area contributed by atoms with E-state index in [1.165, 1.54) is 23.7 Å². The Kier molecular flexibility index (Phi) is 4.07. The van der Waals surface area contributed by atoms with E-state index in [9.17, 15) is 4.79 Å². The Morgan fingerprint density at radius 1 is 1.72 bits per heavy atom. The van der Waals surface area contributed by atoms with Gasteiger partial charge >= 0.3 is 0 Å². The number of aromatic nitrogens is 2. The van der Waals surface area contributed by atoms with Crippen molar-refractivity contribution in [3.8, 4) is 0 Å². The third-order valence-electron chi connectivity index (χ3n) is 3.04. The normalized spacial score (nSPS) is 16.3. The second-order valence-corrected chi connectivity index (χ2v) is 5.28. The van der Waals surface area contributed by atoms with Crippen molar-refractivity contribution in [1.29, 1.82) is 0 Å². The van der Waals surface area contributed by atoms with Crippen molar-refractivity contribution in [2.45, 2.75) is 38.8 Å². The number of nitrogens with one attached hydrogen (secondary N) is 1. The highest BCUT2D eigenvalue weighted by Gasteiger charge is 2.23. The lowest BCUT2D eigenvalue weighted by molar-refractivity contribution is 0.534. The molecule has 1 aromatic heterocycles. The molecule has 1 N–H and O–H groups in total. The molecule has 1 aliphatic rings. The molecule has 0 amide bonds. The van der Waals surface area contributed by atoms with Crippen LogP contribution in [-0.4, -0.2) is 15.8 Å². The Bertz CT molecular complexity index is 493. The number of nitrogens with zero attached hydrogens (tertiary/aromatic N) is 2. The number of rotatable bonds is 6. The molecular weight excluding hydrogens is 250 g/mol. The van der Waals surface area contributed by atoms with Crippen molar-refractivity contribution in [2.24, 2.45) is 5.92 Å². The minimum Gasteiger partial charge on any atom is -0.377 e. The average Bonchev–Trinajstić information content (AvgIpc) is 3.13. The molecule has 1 saturated carbocycles. The zero-order valence-electron chi connectivity index (χ0n) is 10.5. The van der Waals surface area contributed by atoms with Gasteiger partial charge in [0.15, 0.2) is 0 Å². The molecule has 0 saturated heterocycles. The molecule has 98 valence electrons. The first-order valence-electron chi connectivity index (χ1n) is 6.25. The lowest BCUT2D eigenvalue weighted by atomic mass is 10.2. The summed E-state index contributed by atoms with van der Waals surface area (Å²) in [6, 6.07) is 0.129. The molecule has 0 radical (unpaired) electrons. The van der Waals surface area contributed by atoms with Gasteiger partial charge in [-0.3, -0.25) is 4.79 Å². The molecule has 1 aromatic rings. The van der Waals surface area contributed by atoms with Crippen molar-refractivity contribution >= 4 is 17.3 Å². The van der Waals surface area contributed by atoms with E-state index in [1.54, 1.807) is 0 Å². The highest BCUT2D eigenvalue weighted by molar-refractivity contribution is 6.33. The van der Waals surface area contributed by atoms with Crippen LogP contribution in [-0.2, 0) is 6.54 Å². The maximum atomic E-state index is 12.2. The van der Waals surface area contributed by atoms with E-state index in [2.05, 4.69) is 17.0 Å².